The SMILES string of the molecule is NS(=O)(=O)c1ccc(F)c(C(=O)OCC(=O)Nc2ccc(F)cc2)c1. The van der Waals surface area contributed by atoms with Crippen molar-refractivity contribution in [2.75, 3.05) is 11.9 Å². The van der Waals surface area contributed by atoms with E-state index in [0.717, 1.165) is 24.3 Å². The third-order valence-corrected chi connectivity index (χ3v) is 3.86. The molecule has 0 saturated carbocycles. The van der Waals surface area contributed by atoms with Crippen LogP contribution < -0.4 is 10.5 Å². The molecule has 7 nitrogen and oxygen atoms in total. The fourth-order valence-corrected chi connectivity index (χ4v) is 2.32. The number of ether oxygens (including phenoxy) is 1. The van der Waals surface area contributed by atoms with Gasteiger partial charge in [0.05, 0.1) is 10.5 Å². The predicted molar refractivity (Wildman–Crippen MR) is 83.1 cm³/mol. The second kappa shape index (κ2) is 7.36. The van der Waals surface area contributed by atoms with Gasteiger partial charge < -0.3 is 10.1 Å². The minimum Gasteiger partial charge on any atom is -0.452 e. The quantitative estimate of drug-likeness (QED) is 0.772. The van der Waals surface area contributed by atoms with E-state index in [1.165, 1.54) is 12.1 Å². The van der Waals surface area contributed by atoms with Crippen LogP contribution in [0.1, 0.15) is 10.4 Å². The van der Waals surface area contributed by atoms with Crippen molar-refractivity contribution in [1.82, 2.24) is 0 Å². The topological polar surface area (TPSA) is 116 Å². The number of benzene rings is 2. The summed E-state index contributed by atoms with van der Waals surface area (Å²) in [6.45, 7) is -0.755. The summed E-state index contributed by atoms with van der Waals surface area (Å²) < 4.78 is 53.5. The maximum absolute atomic E-state index is 13.6. The number of hydrogen-bond acceptors (Lipinski definition) is 5. The molecule has 2 aromatic rings. The lowest BCUT2D eigenvalue weighted by atomic mass is 10.2. The first kappa shape index (κ1) is 18.5. The van der Waals surface area contributed by atoms with Crippen molar-refractivity contribution >= 4 is 27.6 Å². The number of halogens is 2. The number of amides is 1. The predicted octanol–water partition coefficient (Wildman–Crippen LogP) is 1.41. The number of carbonyl (C=O) groups is 2. The fraction of sp³-hybridized carbons (Fsp3) is 0.0667. The van der Waals surface area contributed by atoms with E-state index >= 15 is 0 Å². The number of rotatable bonds is 5. The highest BCUT2D eigenvalue weighted by atomic mass is 32.2. The van der Waals surface area contributed by atoms with Crippen molar-refractivity contribution in [1.29, 1.82) is 0 Å². The third kappa shape index (κ3) is 5.06. The number of sulfonamides is 1. The number of nitrogens with two attached hydrogens (primary N) is 1. The summed E-state index contributed by atoms with van der Waals surface area (Å²) in [5.41, 5.74) is -0.411. The van der Waals surface area contributed by atoms with Crippen LogP contribution in [-0.4, -0.2) is 26.9 Å². The highest BCUT2D eigenvalue weighted by Crippen LogP contribution is 2.15. The van der Waals surface area contributed by atoms with E-state index in [1.807, 2.05) is 0 Å². The number of primary sulfonamides is 1. The summed E-state index contributed by atoms with van der Waals surface area (Å²) in [7, 11) is -4.14. The van der Waals surface area contributed by atoms with E-state index in [9.17, 15) is 26.8 Å². The summed E-state index contributed by atoms with van der Waals surface area (Å²) in [5, 5.41) is 7.24. The van der Waals surface area contributed by atoms with Gasteiger partial charge in [-0.1, -0.05) is 0 Å². The molecule has 2 aromatic carbocycles. The van der Waals surface area contributed by atoms with E-state index in [4.69, 9.17) is 5.14 Å². The van der Waals surface area contributed by atoms with Gasteiger partial charge in [-0.2, -0.15) is 0 Å². The van der Waals surface area contributed by atoms with E-state index in [1.54, 1.807) is 0 Å². The lowest BCUT2D eigenvalue weighted by molar-refractivity contribution is -0.119. The highest BCUT2D eigenvalue weighted by molar-refractivity contribution is 7.89. The maximum atomic E-state index is 13.6. The van der Waals surface area contributed by atoms with E-state index in [2.05, 4.69) is 10.1 Å². The van der Waals surface area contributed by atoms with Gasteiger partial charge in [0.25, 0.3) is 5.91 Å². The van der Waals surface area contributed by atoms with E-state index in [0.29, 0.717) is 6.07 Å². The second-order valence-corrected chi connectivity index (χ2v) is 6.38. The van der Waals surface area contributed by atoms with Gasteiger partial charge in [-0.3, -0.25) is 4.79 Å². The van der Waals surface area contributed by atoms with Gasteiger partial charge in [0.15, 0.2) is 6.61 Å². The maximum Gasteiger partial charge on any atom is 0.341 e. The van der Waals surface area contributed by atoms with Crippen LogP contribution >= 0.6 is 0 Å². The Kier molecular flexibility index (Phi) is 5.45. The van der Waals surface area contributed by atoms with Gasteiger partial charge in [-0.15, -0.1) is 0 Å². The Morgan fingerprint density at radius 1 is 1.08 bits per heavy atom. The van der Waals surface area contributed by atoms with Gasteiger partial charge in [0.2, 0.25) is 10.0 Å². The van der Waals surface area contributed by atoms with Gasteiger partial charge in [-0.25, -0.2) is 27.1 Å². The van der Waals surface area contributed by atoms with Crippen LogP contribution in [0.2, 0.25) is 0 Å². The third-order valence-electron chi connectivity index (χ3n) is 2.95. The first-order valence-electron chi connectivity index (χ1n) is 6.72. The molecule has 25 heavy (non-hydrogen) atoms. The minimum absolute atomic E-state index is 0.268. The zero-order valence-electron chi connectivity index (χ0n) is 12.5. The molecule has 132 valence electrons. The average molecular weight is 370 g/mol. The number of nitrogens with one attached hydrogen (secondary N) is 1. The minimum atomic E-state index is -4.14. The number of hydrogen-bond donors (Lipinski definition) is 2. The Balaban J connectivity index is 2.02. The molecule has 0 heterocycles. The van der Waals surface area contributed by atoms with Crippen LogP contribution in [-0.2, 0) is 19.6 Å². The van der Waals surface area contributed by atoms with Crippen LogP contribution in [0.15, 0.2) is 47.4 Å². The van der Waals surface area contributed by atoms with Crippen LogP contribution in [0.3, 0.4) is 0 Å². The van der Waals surface area contributed by atoms with Gasteiger partial charge in [0.1, 0.15) is 11.6 Å². The van der Waals surface area contributed by atoms with Crippen molar-refractivity contribution in [3.05, 3.63) is 59.7 Å². The molecule has 0 fully saturated rings. The molecule has 0 bridgehead atoms. The van der Waals surface area contributed by atoms with E-state index in [-0.39, 0.29) is 5.69 Å². The zero-order chi connectivity index (χ0) is 18.6. The monoisotopic (exact) mass is 370 g/mol. The number of anilines is 1. The summed E-state index contributed by atoms with van der Waals surface area (Å²) in [6, 6.07) is 7.18. The van der Waals surface area contributed by atoms with Crippen molar-refractivity contribution < 1.29 is 31.5 Å². The molecule has 0 radical (unpaired) electrons. The van der Waals surface area contributed by atoms with Crippen LogP contribution in [0.25, 0.3) is 0 Å². The Morgan fingerprint density at radius 2 is 1.72 bits per heavy atom. The molecule has 0 aliphatic rings. The summed E-state index contributed by atoms with van der Waals surface area (Å²) in [5.74, 6) is -3.51. The molecule has 0 unspecified atom stereocenters. The van der Waals surface area contributed by atoms with Gasteiger partial charge in [-0.05, 0) is 42.5 Å². The molecule has 0 atom stereocenters. The van der Waals surface area contributed by atoms with Crippen molar-refractivity contribution in [2.45, 2.75) is 4.90 Å². The number of esters is 1. The van der Waals surface area contributed by atoms with Crippen molar-refractivity contribution in [3.8, 4) is 0 Å². The molecule has 2 rings (SSSR count). The molecule has 10 heteroatoms. The Morgan fingerprint density at radius 3 is 2.32 bits per heavy atom. The summed E-state index contributed by atoms with van der Waals surface area (Å²) >= 11 is 0. The normalized spacial score (nSPS) is 11.0. The van der Waals surface area contributed by atoms with Crippen molar-refractivity contribution in [2.24, 2.45) is 5.14 Å². The van der Waals surface area contributed by atoms with Crippen LogP contribution in [0, 0.1) is 11.6 Å². The zero-order valence-corrected chi connectivity index (χ0v) is 13.3. The van der Waals surface area contributed by atoms with Crippen LogP contribution in [0.4, 0.5) is 14.5 Å². The molecule has 3 N–H and O–H groups in total. The molecule has 0 aliphatic heterocycles. The Labute approximate surface area is 141 Å². The Bertz CT molecular complexity index is 914. The van der Waals surface area contributed by atoms with E-state index < -0.39 is 50.6 Å². The first-order chi connectivity index (χ1) is 11.7. The summed E-state index contributed by atoms with van der Waals surface area (Å²) in [6.07, 6.45) is 0. The smallest absolute Gasteiger partial charge is 0.341 e. The number of carbonyl (C=O) groups excluding carboxylic acids is 2. The van der Waals surface area contributed by atoms with Gasteiger partial charge >= 0.3 is 5.97 Å². The second-order valence-electron chi connectivity index (χ2n) is 4.82. The first-order valence-corrected chi connectivity index (χ1v) is 8.26. The molecule has 0 aromatic heterocycles. The Hall–Kier alpha value is -2.85. The molecule has 0 aliphatic carbocycles. The molecular weight excluding hydrogens is 358 g/mol. The van der Waals surface area contributed by atoms with Crippen LogP contribution in [0.5, 0.6) is 0 Å². The molecular formula is C15H12F2N2O5S. The highest BCUT2D eigenvalue weighted by Gasteiger charge is 2.19. The lowest BCUT2D eigenvalue weighted by Gasteiger charge is -2.08. The lowest BCUT2D eigenvalue weighted by Crippen LogP contribution is -2.21. The molecule has 1 amide bonds. The summed E-state index contributed by atoms with van der Waals surface area (Å²) in [4.78, 5) is 23.0. The molecule has 0 spiro atoms. The fourth-order valence-electron chi connectivity index (χ4n) is 1.78. The van der Waals surface area contributed by atoms with Crippen molar-refractivity contribution in [3.63, 3.8) is 0 Å². The average Bonchev–Trinajstić information content (AvgIpc) is 2.54. The standard InChI is InChI=1S/C15H12F2N2O5S/c16-9-1-3-10(4-2-9)19-14(20)8-24-15(21)12-7-11(25(18,22)23)5-6-13(12)17/h1-7H,8H2,(H,19,20)(H2,18,22,23). The molecule has 0 saturated heterocycles. The van der Waals surface area contributed by atoms with Gasteiger partial charge in [0, 0.05) is 5.69 Å². The largest absolute Gasteiger partial charge is 0.452 e.